The molecular formula is C14H21N3. The predicted octanol–water partition coefficient (Wildman–Crippen LogP) is 2.75. The molecule has 0 aliphatic rings. The predicted molar refractivity (Wildman–Crippen MR) is 72.2 cm³/mol. The van der Waals surface area contributed by atoms with E-state index in [9.17, 15) is 0 Å². The topological polar surface area (TPSA) is 54.7 Å². The van der Waals surface area contributed by atoms with E-state index in [0.29, 0.717) is 6.54 Å². The zero-order valence-corrected chi connectivity index (χ0v) is 10.9. The van der Waals surface area contributed by atoms with Crippen molar-refractivity contribution in [2.45, 2.75) is 39.0 Å². The highest BCUT2D eigenvalue weighted by atomic mass is 14.9. The summed E-state index contributed by atoms with van der Waals surface area (Å²) in [5, 5.41) is 0. The number of aryl methyl sites for hydroxylation is 1. The highest BCUT2D eigenvalue weighted by molar-refractivity contribution is 5.79. The second-order valence-electron chi connectivity index (χ2n) is 5.53. The molecule has 0 aliphatic heterocycles. The van der Waals surface area contributed by atoms with E-state index in [1.165, 1.54) is 5.56 Å². The summed E-state index contributed by atoms with van der Waals surface area (Å²) in [5.41, 5.74) is 9.18. The first-order valence-corrected chi connectivity index (χ1v) is 6.20. The summed E-state index contributed by atoms with van der Waals surface area (Å²) in [7, 11) is 0. The van der Waals surface area contributed by atoms with Crippen LogP contribution in [0.2, 0.25) is 0 Å². The number of aromatic amines is 1. The van der Waals surface area contributed by atoms with Crippen molar-refractivity contribution in [2.24, 2.45) is 5.73 Å². The number of nitrogens with one attached hydrogen (secondary N) is 1. The summed E-state index contributed by atoms with van der Waals surface area (Å²) in [6.45, 7) is 7.37. The number of hydrogen-bond acceptors (Lipinski definition) is 2. The standard InChI is InChI=1S/C14H21N3/c1-14(2,3)10-6-4-7-11-13(10)17-12(16-11)8-5-9-15/h4,6-7H,5,8-9,15H2,1-3H3,(H,16,17). The smallest absolute Gasteiger partial charge is 0.107 e. The van der Waals surface area contributed by atoms with Crippen molar-refractivity contribution in [1.82, 2.24) is 9.97 Å². The number of imidazole rings is 1. The number of nitrogens with zero attached hydrogens (tertiary/aromatic N) is 1. The molecule has 3 N–H and O–H groups in total. The fourth-order valence-corrected chi connectivity index (χ4v) is 2.08. The Morgan fingerprint density at radius 2 is 2.06 bits per heavy atom. The molecule has 1 heterocycles. The maximum Gasteiger partial charge on any atom is 0.107 e. The van der Waals surface area contributed by atoms with Gasteiger partial charge in [0.25, 0.3) is 0 Å². The Morgan fingerprint density at radius 3 is 2.71 bits per heavy atom. The van der Waals surface area contributed by atoms with Gasteiger partial charge in [-0.1, -0.05) is 32.9 Å². The molecule has 0 bridgehead atoms. The highest BCUT2D eigenvalue weighted by Gasteiger charge is 2.18. The zero-order valence-electron chi connectivity index (χ0n) is 10.9. The molecule has 0 atom stereocenters. The monoisotopic (exact) mass is 231 g/mol. The molecule has 0 amide bonds. The number of benzene rings is 1. The second kappa shape index (κ2) is 4.49. The fourth-order valence-electron chi connectivity index (χ4n) is 2.08. The van der Waals surface area contributed by atoms with Crippen LogP contribution in [0.4, 0.5) is 0 Å². The first-order valence-electron chi connectivity index (χ1n) is 6.20. The largest absolute Gasteiger partial charge is 0.342 e. The number of fused-ring (bicyclic) bond motifs is 1. The minimum Gasteiger partial charge on any atom is -0.342 e. The fraction of sp³-hybridized carbons (Fsp3) is 0.500. The third kappa shape index (κ3) is 2.50. The van der Waals surface area contributed by atoms with E-state index in [-0.39, 0.29) is 5.41 Å². The van der Waals surface area contributed by atoms with Gasteiger partial charge >= 0.3 is 0 Å². The van der Waals surface area contributed by atoms with Crippen LogP contribution in [-0.4, -0.2) is 16.5 Å². The second-order valence-corrected chi connectivity index (χ2v) is 5.53. The Balaban J connectivity index is 2.46. The highest BCUT2D eigenvalue weighted by Crippen LogP contribution is 2.28. The van der Waals surface area contributed by atoms with Gasteiger partial charge in [-0.25, -0.2) is 4.98 Å². The van der Waals surface area contributed by atoms with Crippen molar-refractivity contribution in [3.05, 3.63) is 29.6 Å². The molecule has 17 heavy (non-hydrogen) atoms. The van der Waals surface area contributed by atoms with E-state index in [4.69, 9.17) is 10.7 Å². The van der Waals surface area contributed by atoms with Crippen LogP contribution < -0.4 is 5.73 Å². The molecule has 0 unspecified atom stereocenters. The summed E-state index contributed by atoms with van der Waals surface area (Å²) >= 11 is 0. The number of rotatable bonds is 3. The van der Waals surface area contributed by atoms with Crippen LogP contribution in [0.15, 0.2) is 18.2 Å². The molecule has 3 nitrogen and oxygen atoms in total. The third-order valence-corrected chi connectivity index (χ3v) is 2.99. The summed E-state index contributed by atoms with van der Waals surface area (Å²) in [6, 6.07) is 6.34. The Bertz CT molecular complexity index is 506. The molecule has 1 aromatic carbocycles. The van der Waals surface area contributed by atoms with E-state index in [1.807, 2.05) is 0 Å². The van der Waals surface area contributed by atoms with Crippen molar-refractivity contribution in [3.63, 3.8) is 0 Å². The lowest BCUT2D eigenvalue weighted by Gasteiger charge is -2.19. The summed E-state index contributed by atoms with van der Waals surface area (Å²) < 4.78 is 0. The lowest BCUT2D eigenvalue weighted by atomic mass is 9.86. The van der Waals surface area contributed by atoms with Gasteiger partial charge < -0.3 is 10.7 Å². The minimum atomic E-state index is 0.125. The molecule has 0 saturated heterocycles. The van der Waals surface area contributed by atoms with Crippen molar-refractivity contribution < 1.29 is 0 Å². The van der Waals surface area contributed by atoms with Crippen molar-refractivity contribution in [2.75, 3.05) is 6.54 Å². The van der Waals surface area contributed by atoms with Crippen molar-refractivity contribution >= 4 is 11.0 Å². The Kier molecular flexibility index (Phi) is 3.20. The quantitative estimate of drug-likeness (QED) is 0.853. The molecule has 0 saturated carbocycles. The summed E-state index contributed by atoms with van der Waals surface area (Å²) in [6.07, 6.45) is 1.90. The average Bonchev–Trinajstić information content (AvgIpc) is 2.66. The van der Waals surface area contributed by atoms with Crippen LogP contribution in [0.1, 0.15) is 38.6 Å². The van der Waals surface area contributed by atoms with Crippen LogP contribution in [0.25, 0.3) is 11.0 Å². The number of nitrogens with two attached hydrogens (primary N) is 1. The number of aromatic nitrogens is 2. The van der Waals surface area contributed by atoms with E-state index >= 15 is 0 Å². The van der Waals surface area contributed by atoms with Crippen LogP contribution >= 0.6 is 0 Å². The van der Waals surface area contributed by atoms with Gasteiger partial charge in [-0.2, -0.15) is 0 Å². The van der Waals surface area contributed by atoms with Gasteiger partial charge in [-0.15, -0.1) is 0 Å². The van der Waals surface area contributed by atoms with Crippen LogP contribution in [-0.2, 0) is 11.8 Å². The molecule has 0 radical (unpaired) electrons. The zero-order chi connectivity index (χ0) is 12.5. The summed E-state index contributed by atoms with van der Waals surface area (Å²) in [5.74, 6) is 1.04. The van der Waals surface area contributed by atoms with Crippen molar-refractivity contribution in [3.8, 4) is 0 Å². The van der Waals surface area contributed by atoms with E-state index in [1.54, 1.807) is 0 Å². The van der Waals surface area contributed by atoms with Crippen LogP contribution in [0, 0.1) is 0 Å². The molecule has 0 fully saturated rings. The maximum absolute atomic E-state index is 5.53. The van der Waals surface area contributed by atoms with Gasteiger partial charge in [-0.3, -0.25) is 0 Å². The SMILES string of the molecule is CC(C)(C)c1cccc2[nH]c(CCCN)nc12. The molecule has 3 heteroatoms. The average molecular weight is 231 g/mol. The molecule has 0 aliphatic carbocycles. The lowest BCUT2D eigenvalue weighted by Crippen LogP contribution is -2.11. The van der Waals surface area contributed by atoms with E-state index in [2.05, 4.69) is 44.0 Å². The van der Waals surface area contributed by atoms with E-state index in [0.717, 1.165) is 29.7 Å². The molecule has 92 valence electrons. The van der Waals surface area contributed by atoms with Gasteiger partial charge in [-0.05, 0) is 30.0 Å². The molecule has 0 spiro atoms. The Morgan fingerprint density at radius 1 is 1.29 bits per heavy atom. The number of hydrogen-bond donors (Lipinski definition) is 2. The van der Waals surface area contributed by atoms with Crippen molar-refractivity contribution in [1.29, 1.82) is 0 Å². The minimum absolute atomic E-state index is 0.125. The first-order chi connectivity index (χ1) is 8.02. The number of H-pyrrole nitrogens is 1. The van der Waals surface area contributed by atoms with Gasteiger partial charge in [0.2, 0.25) is 0 Å². The molecule has 2 aromatic rings. The molecule has 2 rings (SSSR count). The van der Waals surface area contributed by atoms with Gasteiger partial charge in [0.15, 0.2) is 0 Å². The van der Waals surface area contributed by atoms with Gasteiger partial charge in [0, 0.05) is 6.42 Å². The first kappa shape index (κ1) is 12.1. The maximum atomic E-state index is 5.53. The number of para-hydroxylation sites is 1. The Hall–Kier alpha value is -1.35. The third-order valence-electron chi connectivity index (χ3n) is 2.99. The van der Waals surface area contributed by atoms with Gasteiger partial charge in [0.1, 0.15) is 5.82 Å². The molecular weight excluding hydrogens is 210 g/mol. The Labute approximate surface area is 102 Å². The normalized spacial score (nSPS) is 12.2. The van der Waals surface area contributed by atoms with Crippen LogP contribution in [0.3, 0.4) is 0 Å². The lowest BCUT2D eigenvalue weighted by molar-refractivity contribution is 0.594. The van der Waals surface area contributed by atoms with E-state index < -0.39 is 0 Å². The van der Waals surface area contributed by atoms with Crippen LogP contribution in [0.5, 0.6) is 0 Å². The molecule has 1 aromatic heterocycles. The summed E-state index contributed by atoms with van der Waals surface area (Å²) in [4.78, 5) is 8.08. The van der Waals surface area contributed by atoms with Gasteiger partial charge in [0.05, 0.1) is 11.0 Å².